The Morgan fingerprint density at radius 1 is 1.04 bits per heavy atom. The number of halogens is 1. The van der Waals surface area contributed by atoms with Crippen LogP contribution in [0, 0.1) is 5.82 Å². The number of nitrogens with zero attached hydrogens (tertiary/aromatic N) is 2. The molecule has 5 rings (SSSR count). The van der Waals surface area contributed by atoms with Gasteiger partial charge in [0.15, 0.2) is 0 Å². The van der Waals surface area contributed by atoms with E-state index in [-0.39, 0.29) is 5.82 Å². The molecular weight excluding hydrogens is 315 g/mol. The van der Waals surface area contributed by atoms with E-state index in [1.807, 2.05) is 18.3 Å². The van der Waals surface area contributed by atoms with Gasteiger partial charge in [-0.3, -0.25) is 4.99 Å². The van der Waals surface area contributed by atoms with Gasteiger partial charge in [-0.15, -0.1) is 0 Å². The van der Waals surface area contributed by atoms with Crippen LogP contribution < -0.4 is 0 Å². The van der Waals surface area contributed by atoms with Crippen LogP contribution >= 0.6 is 0 Å². The van der Waals surface area contributed by atoms with Gasteiger partial charge >= 0.3 is 0 Å². The summed E-state index contributed by atoms with van der Waals surface area (Å²) < 4.78 is 21.3. The van der Waals surface area contributed by atoms with E-state index in [4.69, 9.17) is 4.74 Å². The SMILES string of the molecule is Fc1ccc(-n2c(C3CCOCC3)cc3cc4c(cc32)C=NC4)cc1. The Bertz CT molecular complexity index is 966. The second kappa shape index (κ2) is 5.81. The molecule has 2 aliphatic heterocycles. The molecule has 4 heteroatoms. The Hall–Kier alpha value is -2.46. The summed E-state index contributed by atoms with van der Waals surface area (Å²) in [6.07, 6.45) is 4.00. The number of aromatic nitrogens is 1. The van der Waals surface area contributed by atoms with E-state index in [1.54, 1.807) is 0 Å². The summed E-state index contributed by atoms with van der Waals surface area (Å²) in [7, 11) is 0. The molecule has 0 saturated carbocycles. The second-order valence-corrected chi connectivity index (χ2v) is 6.85. The van der Waals surface area contributed by atoms with Crippen LogP contribution in [0.5, 0.6) is 0 Å². The standard InChI is InChI=1S/C21H19FN2O/c22-18-1-3-19(4-2-18)24-20(14-5-7-25-8-6-14)10-15-9-16-12-23-13-17(16)11-21(15)24/h1-4,9-11,13-14H,5-8,12H2. The first-order chi connectivity index (χ1) is 12.3. The summed E-state index contributed by atoms with van der Waals surface area (Å²) in [5.74, 6) is 0.260. The van der Waals surface area contributed by atoms with E-state index in [2.05, 4.69) is 27.8 Å². The predicted octanol–water partition coefficient (Wildman–Crippen LogP) is 4.60. The van der Waals surface area contributed by atoms with Gasteiger partial charge in [0.25, 0.3) is 0 Å². The highest BCUT2D eigenvalue weighted by atomic mass is 19.1. The monoisotopic (exact) mass is 334 g/mol. The highest BCUT2D eigenvalue weighted by molar-refractivity contribution is 5.94. The molecule has 0 atom stereocenters. The Kier molecular flexibility index (Phi) is 3.45. The molecule has 1 fully saturated rings. The average molecular weight is 334 g/mol. The molecule has 126 valence electrons. The van der Waals surface area contributed by atoms with Crippen molar-refractivity contribution in [1.82, 2.24) is 4.57 Å². The Morgan fingerprint density at radius 3 is 2.64 bits per heavy atom. The number of hydrogen-bond acceptors (Lipinski definition) is 2. The van der Waals surface area contributed by atoms with Crippen LogP contribution in [0.1, 0.15) is 35.6 Å². The molecule has 0 radical (unpaired) electrons. The van der Waals surface area contributed by atoms with Crippen molar-refractivity contribution < 1.29 is 9.13 Å². The lowest BCUT2D eigenvalue weighted by Gasteiger charge is -2.24. The highest BCUT2D eigenvalue weighted by Gasteiger charge is 2.23. The van der Waals surface area contributed by atoms with E-state index in [0.29, 0.717) is 5.92 Å². The summed E-state index contributed by atoms with van der Waals surface area (Å²) >= 11 is 0. The molecule has 1 saturated heterocycles. The van der Waals surface area contributed by atoms with E-state index in [0.717, 1.165) is 38.3 Å². The molecule has 0 amide bonds. The number of benzene rings is 2. The molecular formula is C21H19FN2O. The second-order valence-electron chi connectivity index (χ2n) is 6.85. The fraction of sp³-hybridized carbons (Fsp3) is 0.286. The highest BCUT2D eigenvalue weighted by Crippen LogP contribution is 2.36. The normalized spacial score (nSPS) is 17.3. The molecule has 3 aromatic rings. The van der Waals surface area contributed by atoms with Crippen LogP contribution in [0.2, 0.25) is 0 Å². The predicted molar refractivity (Wildman–Crippen MR) is 97.3 cm³/mol. The van der Waals surface area contributed by atoms with Gasteiger partial charge in [-0.2, -0.15) is 0 Å². The summed E-state index contributed by atoms with van der Waals surface area (Å²) in [5, 5.41) is 1.23. The lowest BCUT2D eigenvalue weighted by Crippen LogP contribution is -2.16. The third-order valence-electron chi connectivity index (χ3n) is 5.31. The number of aliphatic imine (C=N–C) groups is 1. The Morgan fingerprint density at radius 2 is 1.84 bits per heavy atom. The molecule has 0 bridgehead atoms. The molecule has 1 aromatic heterocycles. The van der Waals surface area contributed by atoms with Gasteiger partial charge in [-0.25, -0.2) is 4.39 Å². The molecule has 2 aliphatic rings. The Balaban J connectivity index is 1.75. The quantitative estimate of drug-likeness (QED) is 0.673. The maximum absolute atomic E-state index is 13.4. The zero-order chi connectivity index (χ0) is 16.8. The summed E-state index contributed by atoms with van der Waals surface area (Å²) in [5.41, 5.74) is 5.94. The van der Waals surface area contributed by atoms with Crippen molar-refractivity contribution in [3.63, 3.8) is 0 Å². The van der Waals surface area contributed by atoms with E-state index in [9.17, 15) is 4.39 Å². The molecule has 25 heavy (non-hydrogen) atoms. The van der Waals surface area contributed by atoms with Gasteiger partial charge in [-0.05, 0) is 66.4 Å². The molecule has 2 aromatic carbocycles. The van der Waals surface area contributed by atoms with Gasteiger partial charge in [0.1, 0.15) is 5.82 Å². The van der Waals surface area contributed by atoms with Gasteiger partial charge in [0.2, 0.25) is 0 Å². The number of fused-ring (bicyclic) bond motifs is 2. The number of hydrogen-bond donors (Lipinski definition) is 0. The topological polar surface area (TPSA) is 26.5 Å². The van der Waals surface area contributed by atoms with Crippen molar-refractivity contribution in [2.45, 2.75) is 25.3 Å². The molecule has 0 aliphatic carbocycles. The third-order valence-corrected chi connectivity index (χ3v) is 5.31. The van der Waals surface area contributed by atoms with Crippen LogP contribution in [0.4, 0.5) is 4.39 Å². The average Bonchev–Trinajstić information content (AvgIpc) is 3.25. The summed E-state index contributed by atoms with van der Waals surface area (Å²) in [6.45, 7) is 2.37. The third kappa shape index (κ3) is 2.48. The Labute approximate surface area is 145 Å². The van der Waals surface area contributed by atoms with Gasteiger partial charge < -0.3 is 9.30 Å². The van der Waals surface area contributed by atoms with E-state index >= 15 is 0 Å². The van der Waals surface area contributed by atoms with E-state index in [1.165, 1.54) is 39.9 Å². The van der Waals surface area contributed by atoms with Crippen LogP contribution in [0.15, 0.2) is 47.5 Å². The van der Waals surface area contributed by atoms with Gasteiger partial charge in [0.05, 0.1) is 12.1 Å². The van der Waals surface area contributed by atoms with Crippen LogP contribution in [-0.2, 0) is 11.3 Å². The fourth-order valence-corrected chi connectivity index (χ4v) is 4.01. The molecule has 0 spiro atoms. The fourth-order valence-electron chi connectivity index (χ4n) is 4.01. The van der Waals surface area contributed by atoms with Crippen LogP contribution in [0.3, 0.4) is 0 Å². The van der Waals surface area contributed by atoms with Gasteiger partial charge in [-0.1, -0.05) is 0 Å². The number of rotatable bonds is 2. The molecule has 0 N–H and O–H groups in total. The maximum Gasteiger partial charge on any atom is 0.123 e. The first kappa shape index (κ1) is 14.8. The van der Waals surface area contributed by atoms with Crippen LogP contribution in [0.25, 0.3) is 16.6 Å². The lowest BCUT2D eigenvalue weighted by molar-refractivity contribution is 0.0842. The van der Waals surface area contributed by atoms with Crippen molar-refractivity contribution >= 4 is 17.1 Å². The minimum Gasteiger partial charge on any atom is -0.381 e. The van der Waals surface area contributed by atoms with Crippen molar-refractivity contribution in [3.8, 4) is 5.69 Å². The maximum atomic E-state index is 13.4. The van der Waals surface area contributed by atoms with Crippen molar-refractivity contribution in [3.05, 3.63) is 65.1 Å². The van der Waals surface area contributed by atoms with Crippen molar-refractivity contribution in [2.75, 3.05) is 13.2 Å². The largest absolute Gasteiger partial charge is 0.381 e. The smallest absolute Gasteiger partial charge is 0.123 e. The lowest BCUT2D eigenvalue weighted by atomic mass is 9.96. The first-order valence-electron chi connectivity index (χ1n) is 8.81. The van der Waals surface area contributed by atoms with Crippen molar-refractivity contribution in [2.24, 2.45) is 4.99 Å². The minimum atomic E-state index is -0.208. The molecule has 3 nitrogen and oxygen atoms in total. The summed E-state index contributed by atoms with van der Waals surface area (Å²) in [4.78, 5) is 4.38. The van der Waals surface area contributed by atoms with Crippen LogP contribution in [-0.4, -0.2) is 24.0 Å². The molecule has 0 unspecified atom stereocenters. The number of ether oxygens (including phenoxy) is 1. The minimum absolute atomic E-state index is 0.208. The zero-order valence-electron chi connectivity index (χ0n) is 13.9. The zero-order valence-corrected chi connectivity index (χ0v) is 13.9. The summed E-state index contributed by atoms with van der Waals surface area (Å²) in [6, 6.07) is 13.5. The van der Waals surface area contributed by atoms with E-state index < -0.39 is 0 Å². The molecule has 3 heterocycles. The van der Waals surface area contributed by atoms with Gasteiger partial charge in [0, 0.05) is 42.1 Å². The first-order valence-corrected chi connectivity index (χ1v) is 8.81. The van der Waals surface area contributed by atoms with Crippen molar-refractivity contribution in [1.29, 1.82) is 0 Å².